The van der Waals surface area contributed by atoms with Gasteiger partial charge in [-0.1, -0.05) is 42.7 Å². The molecule has 2 atom stereocenters. The number of rotatable bonds is 3. The van der Waals surface area contributed by atoms with Crippen molar-refractivity contribution >= 4 is 16.9 Å². The van der Waals surface area contributed by atoms with E-state index in [1.807, 2.05) is 18.6 Å². The van der Waals surface area contributed by atoms with E-state index in [0.717, 1.165) is 34.9 Å². The van der Waals surface area contributed by atoms with Crippen LogP contribution in [0.2, 0.25) is 0 Å². The number of nitrogens with one attached hydrogen (secondary N) is 1. The van der Waals surface area contributed by atoms with E-state index in [4.69, 9.17) is 10.7 Å². The summed E-state index contributed by atoms with van der Waals surface area (Å²) in [5.41, 5.74) is 10.5. The van der Waals surface area contributed by atoms with Crippen LogP contribution in [0.5, 0.6) is 0 Å². The maximum atomic E-state index is 6.25. The second-order valence-electron chi connectivity index (χ2n) is 6.89. The Labute approximate surface area is 147 Å². The number of nitrogens with zero attached hydrogens (tertiary/aromatic N) is 3. The number of hydrogen-bond acceptors (Lipinski definition) is 5. The topological polar surface area (TPSA) is 76.7 Å². The largest absolute Gasteiger partial charge is 0.350 e. The molecule has 4 rings (SSSR count). The molecule has 0 amide bonds. The van der Waals surface area contributed by atoms with Crippen molar-refractivity contribution in [2.24, 2.45) is 5.73 Å². The summed E-state index contributed by atoms with van der Waals surface area (Å²) in [5.74, 6) is 0.648. The van der Waals surface area contributed by atoms with Crippen molar-refractivity contribution < 1.29 is 0 Å². The molecule has 0 spiro atoms. The van der Waals surface area contributed by atoms with Crippen LogP contribution in [-0.2, 0) is 0 Å². The molecular formula is C20H23N5. The highest BCUT2D eigenvalue weighted by Gasteiger charge is 2.22. The summed E-state index contributed by atoms with van der Waals surface area (Å²) in [5, 5.41) is 4.39. The molecule has 25 heavy (non-hydrogen) atoms. The lowest BCUT2D eigenvalue weighted by Gasteiger charge is -2.29. The van der Waals surface area contributed by atoms with Gasteiger partial charge in [0.15, 0.2) is 0 Å². The Bertz CT molecular complexity index is 892. The normalized spacial score (nSPS) is 20.6. The van der Waals surface area contributed by atoms with Gasteiger partial charge in [0.25, 0.3) is 0 Å². The molecule has 0 radical (unpaired) electrons. The predicted molar refractivity (Wildman–Crippen MR) is 101 cm³/mol. The fraction of sp³-hybridized carbons (Fsp3) is 0.350. The average Bonchev–Trinajstić information content (AvgIpc) is 2.63. The molecule has 0 bridgehead atoms. The minimum absolute atomic E-state index is 0.168. The van der Waals surface area contributed by atoms with Gasteiger partial charge in [-0.3, -0.25) is 4.98 Å². The Morgan fingerprint density at radius 2 is 2.00 bits per heavy atom. The average molecular weight is 333 g/mol. The zero-order valence-corrected chi connectivity index (χ0v) is 14.4. The first-order valence-electron chi connectivity index (χ1n) is 8.90. The van der Waals surface area contributed by atoms with Crippen LogP contribution in [0, 0.1) is 6.92 Å². The van der Waals surface area contributed by atoms with E-state index < -0.39 is 0 Å². The Balaban J connectivity index is 1.73. The van der Waals surface area contributed by atoms with Gasteiger partial charge in [-0.15, -0.1) is 0 Å². The molecule has 0 aliphatic heterocycles. The van der Waals surface area contributed by atoms with E-state index in [-0.39, 0.29) is 12.1 Å². The highest BCUT2D eigenvalue weighted by molar-refractivity contribution is 5.92. The summed E-state index contributed by atoms with van der Waals surface area (Å²) in [6, 6.07) is 8.81. The third-order valence-corrected chi connectivity index (χ3v) is 4.95. The van der Waals surface area contributed by atoms with Crippen molar-refractivity contribution in [3.05, 3.63) is 48.4 Å². The standard InChI is InChI=1S/C20H23N5/c1-13-5-4-6-14(9-13)16-12-22-10-15-11-23-20(25-19(15)16)24-18-8-3-2-7-17(18)21/h4-6,9-12,17-18H,2-3,7-8,21H2,1H3,(H,23,24,25). The minimum Gasteiger partial charge on any atom is -0.350 e. The van der Waals surface area contributed by atoms with Crippen molar-refractivity contribution in [3.8, 4) is 11.1 Å². The number of aromatic nitrogens is 3. The molecule has 2 heterocycles. The van der Waals surface area contributed by atoms with Gasteiger partial charge in [-0.05, 0) is 25.3 Å². The molecule has 5 heteroatoms. The van der Waals surface area contributed by atoms with Gasteiger partial charge in [-0.2, -0.15) is 0 Å². The highest BCUT2D eigenvalue weighted by Crippen LogP contribution is 2.28. The summed E-state index contributed by atoms with van der Waals surface area (Å²) in [6.07, 6.45) is 10.1. The van der Waals surface area contributed by atoms with Gasteiger partial charge >= 0.3 is 0 Å². The predicted octanol–water partition coefficient (Wildman–Crippen LogP) is 3.68. The first kappa shape index (κ1) is 16.0. The number of pyridine rings is 1. The third-order valence-electron chi connectivity index (χ3n) is 4.95. The van der Waals surface area contributed by atoms with Gasteiger partial charge in [-0.25, -0.2) is 9.97 Å². The maximum absolute atomic E-state index is 6.25. The number of benzene rings is 1. The number of fused-ring (bicyclic) bond motifs is 1. The smallest absolute Gasteiger partial charge is 0.223 e. The number of aryl methyl sites for hydroxylation is 1. The number of nitrogens with two attached hydrogens (primary N) is 1. The van der Waals surface area contributed by atoms with Crippen molar-refractivity contribution in [1.29, 1.82) is 0 Å². The van der Waals surface area contributed by atoms with E-state index in [2.05, 4.69) is 46.5 Å². The van der Waals surface area contributed by atoms with Gasteiger partial charge in [0.1, 0.15) is 0 Å². The first-order chi connectivity index (χ1) is 12.2. The Kier molecular flexibility index (Phi) is 4.32. The lowest BCUT2D eigenvalue weighted by atomic mass is 9.91. The first-order valence-corrected chi connectivity index (χ1v) is 8.90. The summed E-state index contributed by atoms with van der Waals surface area (Å²) in [7, 11) is 0. The van der Waals surface area contributed by atoms with E-state index in [1.165, 1.54) is 18.4 Å². The van der Waals surface area contributed by atoms with Crippen LogP contribution in [0.4, 0.5) is 5.95 Å². The Morgan fingerprint density at radius 3 is 2.84 bits per heavy atom. The molecule has 2 aromatic heterocycles. The van der Waals surface area contributed by atoms with E-state index in [0.29, 0.717) is 5.95 Å². The third kappa shape index (κ3) is 3.33. The summed E-state index contributed by atoms with van der Waals surface area (Å²) < 4.78 is 0. The Hall–Kier alpha value is -2.53. The van der Waals surface area contributed by atoms with Crippen molar-refractivity contribution in [2.45, 2.75) is 44.7 Å². The molecule has 5 nitrogen and oxygen atoms in total. The monoisotopic (exact) mass is 333 g/mol. The second kappa shape index (κ2) is 6.76. The van der Waals surface area contributed by atoms with E-state index in [9.17, 15) is 0 Å². The highest BCUT2D eigenvalue weighted by atomic mass is 15.1. The van der Waals surface area contributed by atoms with Gasteiger partial charge < -0.3 is 11.1 Å². The van der Waals surface area contributed by atoms with E-state index >= 15 is 0 Å². The fourth-order valence-corrected chi connectivity index (χ4v) is 3.55. The van der Waals surface area contributed by atoms with Gasteiger partial charge in [0.2, 0.25) is 5.95 Å². The van der Waals surface area contributed by atoms with Crippen LogP contribution in [0.15, 0.2) is 42.9 Å². The van der Waals surface area contributed by atoms with Crippen molar-refractivity contribution in [3.63, 3.8) is 0 Å². The van der Waals surface area contributed by atoms with Crippen LogP contribution < -0.4 is 11.1 Å². The maximum Gasteiger partial charge on any atom is 0.223 e. The molecule has 1 aliphatic rings. The molecule has 3 aromatic rings. The van der Waals surface area contributed by atoms with Crippen molar-refractivity contribution in [1.82, 2.24) is 15.0 Å². The molecule has 128 valence electrons. The number of anilines is 1. The Morgan fingerprint density at radius 1 is 1.12 bits per heavy atom. The van der Waals surface area contributed by atoms with Crippen LogP contribution in [0.25, 0.3) is 22.0 Å². The zero-order valence-electron chi connectivity index (χ0n) is 14.4. The van der Waals surface area contributed by atoms with Gasteiger partial charge in [0.05, 0.1) is 5.52 Å². The zero-order chi connectivity index (χ0) is 17.2. The molecule has 1 aromatic carbocycles. The quantitative estimate of drug-likeness (QED) is 0.764. The van der Waals surface area contributed by atoms with Crippen LogP contribution in [0.3, 0.4) is 0 Å². The molecule has 1 aliphatic carbocycles. The minimum atomic E-state index is 0.168. The molecule has 1 fully saturated rings. The molecule has 1 saturated carbocycles. The lowest BCUT2D eigenvalue weighted by Crippen LogP contribution is -2.42. The SMILES string of the molecule is Cc1cccc(-c2cncc3cnc(NC4CCCCC4N)nc23)c1. The van der Waals surface area contributed by atoms with Crippen LogP contribution in [-0.4, -0.2) is 27.0 Å². The van der Waals surface area contributed by atoms with Gasteiger partial charge in [0, 0.05) is 41.6 Å². The molecular weight excluding hydrogens is 310 g/mol. The van der Waals surface area contributed by atoms with Crippen LogP contribution in [0.1, 0.15) is 31.2 Å². The summed E-state index contributed by atoms with van der Waals surface area (Å²) in [6.45, 7) is 2.09. The molecule has 2 unspecified atom stereocenters. The van der Waals surface area contributed by atoms with Crippen LogP contribution >= 0.6 is 0 Å². The van der Waals surface area contributed by atoms with Crippen molar-refractivity contribution in [2.75, 3.05) is 5.32 Å². The second-order valence-corrected chi connectivity index (χ2v) is 6.89. The molecule has 3 N–H and O–H groups in total. The fourth-order valence-electron chi connectivity index (χ4n) is 3.55. The summed E-state index contributed by atoms with van der Waals surface area (Å²) in [4.78, 5) is 13.6. The lowest BCUT2D eigenvalue weighted by molar-refractivity contribution is 0.402. The summed E-state index contributed by atoms with van der Waals surface area (Å²) >= 11 is 0. The number of hydrogen-bond donors (Lipinski definition) is 2. The molecule has 0 saturated heterocycles. The van der Waals surface area contributed by atoms with E-state index in [1.54, 1.807) is 0 Å².